The first-order valence-corrected chi connectivity index (χ1v) is 21.9. The summed E-state index contributed by atoms with van der Waals surface area (Å²) < 4.78 is 2.48. The normalized spacial score (nSPS) is 11.6. The summed E-state index contributed by atoms with van der Waals surface area (Å²) in [5.74, 6) is 1.01. The average molecular weight is 749 g/mol. The molecule has 0 saturated heterocycles. The van der Waals surface area contributed by atoms with Crippen molar-refractivity contribution in [3.63, 3.8) is 0 Å². The standard InChI is InChI=1S/C40H46B18N2/c1-9-59-13-4-2-3-5-14(13)60(9)40-20-18(26(45)34(53)36(55)28(20)47)15(19-21(40)29(48)37(56)35(54)27(19)46)10-6-11(16-22(41)30(49)38(57)31(50)23(16)42)8-12(7-10)17-24(43)32(51)39(58)33(52)25(17)44/h2-8H,41-58H2,1H3. The number of aromatic nitrogens is 2. The second-order valence-corrected chi connectivity index (χ2v) is 18.5. The van der Waals surface area contributed by atoms with E-state index in [9.17, 15) is 0 Å². The van der Waals surface area contributed by atoms with Gasteiger partial charge in [-0.2, -0.15) is 0 Å². The number of fused-ring (bicyclic) bond motifs is 3. The van der Waals surface area contributed by atoms with Crippen LogP contribution < -0.4 is 98.3 Å². The van der Waals surface area contributed by atoms with Crippen molar-refractivity contribution in [3.8, 4) is 39.1 Å². The van der Waals surface area contributed by atoms with Crippen molar-refractivity contribution in [1.82, 2.24) is 9.55 Å². The van der Waals surface area contributed by atoms with E-state index in [0.29, 0.717) is 0 Å². The first kappa shape index (κ1) is 42.4. The Labute approximate surface area is 373 Å². The van der Waals surface area contributed by atoms with Crippen LogP contribution in [0, 0.1) is 6.92 Å². The van der Waals surface area contributed by atoms with Gasteiger partial charge in [-0.25, -0.2) is 4.98 Å². The molecular formula is C40H46B18N2. The Morgan fingerprint density at radius 3 is 1.03 bits per heavy atom. The number of nitrogens with zero attached hydrogens (tertiary/aromatic N) is 2. The molecule has 0 spiro atoms. The predicted molar refractivity (Wildman–Crippen MR) is 324 cm³/mol. The van der Waals surface area contributed by atoms with Crippen LogP contribution in [0.3, 0.4) is 0 Å². The molecule has 20 heteroatoms. The van der Waals surface area contributed by atoms with Gasteiger partial charge in [-0.15, -0.1) is 54.6 Å². The summed E-state index contributed by atoms with van der Waals surface area (Å²) in [6, 6.07) is 16.3. The molecule has 0 aliphatic heterocycles. The second-order valence-electron chi connectivity index (χ2n) is 18.5. The SMILES string of the molecule is Bc1c(B)c(B)c(-c2cc(-c3c(B)c(B)c(B)c(B)c3B)cc(-c3c4c(B)c(B)c(B)c(B)c4c(-n4c(C)nc5ccccc54)c4c(B)c(B)c(B)c(B)c34)c2)c(B)c1B. The Kier molecular flexibility index (Phi) is 10.6. The topological polar surface area (TPSA) is 17.8 Å². The Morgan fingerprint density at radius 1 is 0.350 bits per heavy atom. The van der Waals surface area contributed by atoms with Gasteiger partial charge < -0.3 is 0 Å². The highest BCUT2D eigenvalue weighted by molar-refractivity contribution is 6.73. The lowest BCUT2D eigenvalue weighted by Gasteiger charge is -2.29. The molecule has 60 heavy (non-hydrogen) atoms. The van der Waals surface area contributed by atoms with E-state index in [4.69, 9.17) is 4.98 Å². The number of benzene rings is 7. The third-order valence-corrected chi connectivity index (χ3v) is 16.1. The summed E-state index contributed by atoms with van der Waals surface area (Å²) in [5.41, 5.74) is 35.9. The molecule has 8 aromatic rings. The maximum atomic E-state index is 5.19. The van der Waals surface area contributed by atoms with Crippen molar-refractivity contribution < 1.29 is 0 Å². The van der Waals surface area contributed by atoms with Crippen molar-refractivity contribution in [2.75, 3.05) is 0 Å². The van der Waals surface area contributed by atoms with E-state index >= 15 is 0 Å². The predicted octanol–water partition coefficient (Wildman–Crippen LogP) is -20.7. The molecule has 2 nitrogen and oxygen atoms in total. The van der Waals surface area contributed by atoms with Crippen molar-refractivity contribution >= 4 is 272 Å². The van der Waals surface area contributed by atoms with E-state index in [1.165, 1.54) is 159 Å². The second kappa shape index (κ2) is 15.0. The van der Waals surface area contributed by atoms with Crippen LogP contribution in [0.4, 0.5) is 0 Å². The molecule has 1 heterocycles. The number of imidazole rings is 1. The molecule has 0 radical (unpaired) electrons. The fourth-order valence-corrected chi connectivity index (χ4v) is 11.0. The molecule has 7 aromatic carbocycles. The summed E-state index contributed by atoms with van der Waals surface area (Å²) >= 11 is 0. The smallest absolute Gasteiger partial charge is 0.139 e. The molecule has 1 aromatic heterocycles. The van der Waals surface area contributed by atoms with Crippen molar-refractivity contribution in [3.05, 3.63) is 48.3 Å². The van der Waals surface area contributed by atoms with Crippen LogP contribution >= 0.6 is 0 Å². The maximum Gasteiger partial charge on any atom is 0.139 e. The molecule has 0 amide bonds. The van der Waals surface area contributed by atoms with Crippen LogP contribution in [-0.4, -0.2) is 151 Å². The third-order valence-electron chi connectivity index (χ3n) is 16.1. The summed E-state index contributed by atoms with van der Waals surface area (Å²) in [7, 11) is 41.9. The summed E-state index contributed by atoms with van der Waals surface area (Å²) in [5, 5.41) is 5.34. The van der Waals surface area contributed by atoms with Gasteiger partial charge in [0.2, 0.25) is 0 Å². The van der Waals surface area contributed by atoms with E-state index < -0.39 is 0 Å². The Morgan fingerprint density at radius 2 is 0.650 bits per heavy atom. The zero-order valence-electron chi connectivity index (χ0n) is 39.9. The lowest BCUT2D eigenvalue weighted by atomic mass is 9.58. The average Bonchev–Trinajstić information content (AvgIpc) is 3.57. The van der Waals surface area contributed by atoms with Gasteiger partial charge in [-0.3, -0.25) is 4.57 Å². The van der Waals surface area contributed by atoms with Crippen LogP contribution in [0.25, 0.3) is 71.6 Å². The minimum Gasteiger partial charge on any atom is -0.295 e. The highest BCUT2D eigenvalue weighted by atomic mass is 15.1. The lowest BCUT2D eigenvalue weighted by molar-refractivity contribution is 1.02. The largest absolute Gasteiger partial charge is 0.295 e. The molecule has 270 valence electrons. The summed E-state index contributed by atoms with van der Waals surface area (Å²) in [6.07, 6.45) is 0. The van der Waals surface area contributed by atoms with E-state index in [2.05, 4.69) is 195 Å². The van der Waals surface area contributed by atoms with Crippen LogP contribution in [0.2, 0.25) is 0 Å². The van der Waals surface area contributed by atoms with Crippen molar-refractivity contribution in [1.29, 1.82) is 0 Å². The molecule has 0 atom stereocenters. The van der Waals surface area contributed by atoms with E-state index in [0.717, 1.165) is 16.9 Å². The lowest BCUT2D eigenvalue weighted by Crippen LogP contribution is -2.55. The van der Waals surface area contributed by atoms with Crippen LogP contribution in [0.15, 0.2) is 42.5 Å². The highest BCUT2D eigenvalue weighted by Crippen LogP contribution is 2.41. The Balaban J connectivity index is 1.70. The molecule has 0 N–H and O–H groups in total. The Hall–Kier alpha value is -4.30. The van der Waals surface area contributed by atoms with Gasteiger partial charge in [0.15, 0.2) is 0 Å². The molecular weight excluding hydrogens is 703 g/mol. The van der Waals surface area contributed by atoms with Crippen molar-refractivity contribution in [2.24, 2.45) is 0 Å². The minimum atomic E-state index is 1.01. The molecule has 0 unspecified atom stereocenters. The van der Waals surface area contributed by atoms with E-state index in [1.807, 2.05) is 0 Å². The first-order valence-electron chi connectivity index (χ1n) is 21.9. The fraction of sp³-hybridized carbons (Fsp3) is 0.0250. The van der Waals surface area contributed by atoms with Gasteiger partial charge in [0.05, 0.1) is 16.7 Å². The zero-order valence-corrected chi connectivity index (χ0v) is 39.9. The minimum absolute atomic E-state index is 1.01. The number of para-hydroxylation sites is 2. The number of rotatable bonds is 4. The maximum absolute atomic E-state index is 5.19. The number of hydrogen-bond acceptors (Lipinski definition) is 1. The molecule has 0 saturated carbocycles. The van der Waals surface area contributed by atoms with Crippen LogP contribution in [0.1, 0.15) is 5.82 Å². The summed E-state index contributed by atoms with van der Waals surface area (Å²) in [6.45, 7) is 2.18. The van der Waals surface area contributed by atoms with Gasteiger partial charge in [-0.05, 0) is 92.2 Å². The summed E-state index contributed by atoms with van der Waals surface area (Å²) in [4.78, 5) is 5.19. The van der Waals surface area contributed by atoms with Gasteiger partial charge in [0.1, 0.15) is 147 Å². The van der Waals surface area contributed by atoms with E-state index in [1.54, 1.807) is 0 Å². The fourth-order valence-electron chi connectivity index (χ4n) is 11.0. The van der Waals surface area contributed by atoms with Gasteiger partial charge in [0.25, 0.3) is 0 Å². The molecule has 0 fully saturated rings. The highest BCUT2D eigenvalue weighted by Gasteiger charge is 2.28. The number of aryl methyl sites for hydroxylation is 1. The van der Waals surface area contributed by atoms with Gasteiger partial charge in [-0.1, -0.05) is 55.8 Å². The van der Waals surface area contributed by atoms with E-state index in [-0.39, 0.29) is 0 Å². The van der Waals surface area contributed by atoms with Crippen LogP contribution in [-0.2, 0) is 0 Å². The molecule has 8 rings (SSSR count). The Bertz CT molecular complexity index is 3040. The van der Waals surface area contributed by atoms with Gasteiger partial charge in [0, 0.05) is 0 Å². The zero-order chi connectivity index (χ0) is 43.7. The quantitative estimate of drug-likeness (QED) is 0.129. The van der Waals surface area contributed by atoms with Crippen LogP contribution in [0.5, 0.6) is 0 Å². The monoisotopic (exact) mass is 753 g/mol. The molecule has 0 aliphatic rings. The molecule has 0 aliphatic carbocycles. The first-order chi connectivity index (χ1) is 28.2. The third kappa shape index (κ3) is 5.92. The van der Waals surface area contributed by atoms with Gasteiger partial charge >= 0.3 is 0 Å². The van der Waals surface area contributed by atoms with Crippen molar-refractivity contribution in [2.45, 2.75) is 6.92 Å². The molecule has 0 bridgehead atoms. The number of hydrogen-bond donors (Lipinski definition) is 0.